The van der Waals surface area contributed by atoms with E-state index >= 15 is 0 Å². The van der Waals surface area contributed by atoms with Crippen LogP contribution in [-0.2, 0) is 16.1 Å². The fourth-order valence-corrected chi connectivity index (χ4v) is 2.18. The summed E-state index contributed by atoms with van der Waals surface area (Å²) in [5, 5.41) is 20.8. The van der Waals surface area contributed by atoms with Crippen LogP contribution >= 0.6 is 0 Å². The molecule has 0 radical (unpaired) electrons. The van der Waals surface area contributed by atoms with Crippen molar-refractivity contribution in [2.75, 3.05) is 13.2 Å². The third-order valence-corrected chi connectivity index (χ3v) is 3.61. The fourth-order valence-electron chi connectivity index (χ4n) is 2.18. The van der Waals surface area contributed by atoms with Crippen molar-refractivity contribution in [2.24, 2.45) is 0 Å². The number of hydrogen-bond donors (Lipinski definition) is 1. The van der Waals surface area contributed by atoms with E-state index in [1.165, 1.54) is 37.3 Å². The maximum absolute atomic E-state index is 12.0. The number of nitro benzene ring substituents is 1. The van der Waals surface area contributed by atoms with Crippen molar-refractivity contribution in [2.45, 2.75) is 19.1 Å². The van der Waals surface area contributed by atoms with Crippen LogP contribution < -0.4 is 0 Å². The number of nitro groups is 1. The van der Waals surface area contributed by atoms with E-state index in [0.29, 0.717) is 13.2 Å². The summed E-state index contributed by atoms with van der Waals surface area (Å²) >= 11 is 0. The highest BCUT2D eigenvalue weighted by Gasteiger charge is 2.20. The Morgan fingerprint density at radius 2 is 1.85 bits per heavy atom. The minimum absolute atomic E-state index is 0.114. The van der Waals surface area contributed by atoms with Crippen molar-refractivity contribution >= 4 is 11.7 Å². The van der Waals surface area contributed by atoms with Crippen LogP contribution in [0.3, 0.4) is 0 Å². The highest BCUT2D eigenvalue weighted by Crippen LogP contribution is 2.14. The summed E-state index contributed by atoms with van der Waals surface area (Å²) in [6.45, 7) is 2.02. The van der Waals surface area contributed by atoms with E-state index in [4.69, 9.17) is 9.47 Å². The van der Waals surface area contributed by atoms with Crippen LogP contribution in [0.4, 0.5) is 5.69 Å². The smallest absolute Gasteiger partial charge is 0.338 e. The van der Waals surface area contributed by atoms with E-state index in [0.717, 1.165) is 5.56 Å². The normalized spacial score (nSPS) is 13.3. The molecule has 0 aromatic heterocycles. The maximum Gasteiger partial charge on any atom is 0.338 e. The molecule has 2 aromatic rings. The van der Waals surface area contributed by atoms with Gasteiger partial charge < -0.3 is 14.6 Å². The molecule has 27 heavy (non-hydrogen) atoms. The zero-order chi connectivity index (χ0) is 19.7. The lowest BCUT2D eigenvalue weighted by Crippen LogP contribution is -2.29. The van der Waals surface area contributed by atoms with Gasteiger partial charge in [-0.2, -0.15) is 0 Å². The van der Waals surface area contributed by atoms with Crippen LogP contribution in [0, 0.1) is 10.1 Å². The summed E-state index contributed by atoms with van der Waals surface area (Å²) in [6.07, 6.45) is 3.16. The summed E-state index contributed by atoms with van der Waals surface area (Å²) in [6, 6.07) is 14.8. The summed E-state index contributed by atoms with van der Waals surface area (Å²) in [5.41, 5.74) is -0.245. The Hall–Kier alpha value is -3.03. The first kappa shape index (κ1) is 20.3. The average Bonchev–Trinajstić information content (AvgIpc) is 2.67. The average molecular weight is 371 g/mol. The zero-order valence-corrected chi connectivity index (χ0v) is 14.9. The van der Waals surface area contributed by atoms with Crippen LogP contribution in [0.2, 0.25) is 0 Å². The zero-order valence-electron chi connectivity index (χ0n) is 14.9. The standard InChI is InChI=1S/C20H21NO6/c1-20(23,12-5-13-26-14-16-6-3-2-4-7-16)15-27-19(22)17-8-10-18(11-9-17)21(24)25/h2-12,23H,13-15H2,1H3/b12-5+/t20-/m1/s1. The van der Waals surface area contributed by atoms with Crippen LogP contribution in [-0.4, -0.2) is 34.8 Å². The number of benzene rings is 2. The molecule has 2 rings (SSSR count). The largest absolute Gasteiger partial charge is 0.459 e. The Morgan fingerprint density at radius 3 is 2.48 bits per heavy atom. The number of nitrogens with zero attached hydrogens (tertiary/aromatic N) is 1. The number of carbonyl (C=O) groups excluding carboxylic acids is 1. The maximum atomic E-state index is 12.0. The second kappa shape index (κ2) is 9.61. The van der Waals surface area contributed by atoms with Gasteiger partial charge >= 0.3 is 5.97 Å². The topological polar surface area (TPSA) is 98.9 Å². The molecule has 0 aliphatic rings. The highest BCUT2D eigenvalue weighted by molar-refractivity contribution is 5.89. The molecular weight excluding hydrogens is 350 g/mol. The molecule has 0 aliphatic heterocycles. The van der Waals surface area contributed by atoms with Gasteiger partial charge in [0.15, 0.2) is 0 Å². The van der Waals surface area contributed by atoms with Gasteiger partial charge in [-0.1, -0.05) is 42.5 Å². The first-order valence-electron chi connectivity index (χ1n) is 8.31. The molecule has 0 fully saturated rings. The molecule has 2 aromatic carbocycles. The van der Waals surface area contributed by atoms with Gasteiger partial charge in [-0.15, -0.1) is 0 Å². The van der Waals surface area contributed by atoms with Gasteiger partial charge in [-0.05, 0) is 24.6 Å². The quantitative estimate of drug-likeness (QED) is 0.239. The molecule has 1 atom stereocenters. The van der Waals surface area contributed by atoms with Crippen molar-refractivity contribution in [3.05, 3.63) is 88.0 Å². The number of carbonyl (C=O) groups is 1. The fraction of sp³-hybridized carbons (Fsp3) is 0.250. The summed E-state index contributed by atoms with van der Waals surface area (Å²) < 4.78 is 10.5. The number of rotatable bonds is 9. The van der Waals surface area contributed by atoms with Crippen LogP contribution in [0.1, 0.15) is 22.8 Å². The Bertz CT molecular complexity index is 784. The van der Waals surface area contributed by atoms with Gasteiger partial charge in [0.1, 0.15) is 12.2 Å². The number of hydrogen-bond acceptors (Lipinski definition) is 6. The van der Waals surface area contributed by atoms with Crippen LogP contribution in [0.5, 0.6) is 0 Å². The molecule has 0 heterocycles. The lowest BCUT2D eigenvalue weighted by molar-refractivity contribution is -0.384. The Labute approximate surface area is 157 Å². The van der Waals surface area contributed by atoms with E-state index in [9.17, 15) is 20.0 Å². The molecule has 0 aliphatic carbocycles. The number of esters is 1. The second-order valence-electron chi connectivity index (χ2n) is 6.14. The van der Waals surface area contributed by atoms with Gasteiger partial charge in [0, 0.05) is 12.1 Å². The van der Waals surface area contributed by atoms with Crippen molar-refractivity contribution in [1.29, 1.82) is 0 Å². The molecule has 142 valence electrons. The molecule has 7 nitrogen and oxygen atoms in total. The Morgan fingerprint density at radius 1 is 1.19 bits per heavy atom. The SMILES string of the molecule is C[C@@](O)(/C=C/COCc1ccccc1)COC(=O)c1ccc([N+](=O)[O-])cc1. The van der Waals surface area contributed by atoms with Gasteiger partial charge in [-0.3, -0.25) is 10.1 Å². The van der Waals surface area contributed by atoms with Gasteiger partial charge in [-0.25, -0.2) is 4.79 Å². The number of aliphatic hydroxyl groups is 1. The molecule has 0 unspecified atom stereocenters. The Balaban J connectivity index is 1.75. The molecular formula is C20H21NO6. The predicted octanol–water partition coefficient (Wildman–Crippen LogP) is 3.28. The predicted molar refractivity (Wildman–Crippen MR) is 99.2 cm³/mol. The molecule has 0 saturated carbocycles. The first-order chi connectivity index (χ1) is 12.9. The van der Waals surface area contributed by atoms with E-state index in [-0.39, 0.29) is 17.9 Å². The van der Waals surface area contributed by atoms with Crippen LogP contribution in [0.25, 0.3) is 0 Å². The van der Waals surface area contributed by atoms with Gasteiger partial charge in [0.2, 0.25) is 0 Å². The van der Waals surface area contributed by atoms with Crippen LogP contribution in [0.15, 0.2) is 66.7 Å². The van der Waals surface area contributed by atoms with Crippen molar-refractivity contribution < 1.29 is 24.3 Å². The minimum atomic E-state index is -1.35. The molecule has 7 heteroatoms. The third-order valence-electron chi connectivity index (χ3n) is 3.61. The van der Waals surface area contributed by atoms with E-state index in [2.05, 4.69) is 0 Å². The van der Waals surface area contributed by atoms with Crippen molar-refractivity contribution in [3.63, 3.8) is 0 Å². The molecule has 0 saturated heterocycles. The van der Waals surface area contributed by atoms with E-state index < -0.39 is 16.5 Å². The minimum Gasteiger partial charge on any atom is -0.459 e. The van der Waals surface area contributed by atoms with E-state index in [1.807, 2.05) is 30.3 Å². The summed E-state index contributed by atoms with van der Waals surface area (Å²) in [4.78, 5) is 22.0. The van der Waals surface area contributed by atoms with Crippen molar-refractivity contribution in [1.82, 2.24) is 0 Å². The second-order valence-corrected chi connectivity index (χ2v) is 6.14. The summed E-state index contributed by atoms with van der Waals surface area (Å²) in [5.74, 6) is -0.668. The molecule has 0 spiro atoms. The van der Waals surface area contributed by atoms with Crippen molar-refractivity contribution in [3.8, 4) is 0 Å². The Kier molecular flexibility index (Phi) is 7.22. The number of non-ortho nitro benzene ring substituents is 1. The first-order valence-corrected chi connectivity index (χ1v) is 8.31. The molecule has 0 amide bonds. The monoisotopic (exact) mass is 371 g/mol. The lowest BCUT2D eigenvalue weighted by Gasteiger charge is -2.18. The van der Waals surface area contributed by atoms with E-state index in [1.54, 1.807) is 6.08 Å². The molecule has 0 bridgehead atoms. The van der Waals surface area contributed by atoms with Gasteiger partial charge in [0.05, 0.1) is 23.7 Å². The highest BCUT2D eigenvalue weighted by atomic mass is 16.6. The lowest BCUT2D eigenvalue weighted by atomic mass is 10.1. The number of ether oxygens (including phenoxy) is 2. The molecule has 1 N–H and O–H groups in total. The van der Waals surface area contributed by atoms with Gasteiger partial charge in [0.25, 0.3) is 5.69 Å². The summed E-state index contributed by atoms with van der Waals surface area (Å²) in [7, 11) is 0. The third kappa shape index (κ3) is 7.01.